The summed E-state index contributed by atoms with van der Waals surface area (Å²) in [7, 11) is 1.57. The van der Waals surface area contributed by atoms with Gasteiger partial charge in [-0.3, -0.25) is 9.59 Å². The Morgan fingerprint density at radius 3 is 2.67 bits per heavy atom. The van der Waals surface area contributed by atoms with Gasteiger partial charge in [-0.15, -0.1) is 0 Å². The van der Waals surface area contributed by atoms with Gasteiger partial charge >= 0.3 is 0 Å². The van der Waals surface area contributed by atoms with Crippen molar-refractivity contribution < 1.29 is 9.53 Å². The zero-order valence-electron chi connectivity index (χ0n) is 20.1. The number of nitrogens with one attached hydrogen (secondary N) is 2. The summed E-state index contributed by atoms with van der Waals surface area (Å²) in [5.41, 5.74) is 4.32. The number of aromatic nitrogens is 3. The average molecular weight is 499 g/mol. The van der Waals surface area contributed by atoms with Crippen LogP contribution in [0.2, 0.25) is 0 Å². The smallest absolute Gasteiger partial charge is 0.283 e. The summed E-state index contributed by atoms with van der Waals surface area (Å²) in [5, 5.41) is 4.26. The van der Waals surface area contributed by atoms with Crippen LogP contribution >= 0.6 is 11.8 Å². The second-order valence-corrected chi connectivity index (χ2v) is 9.42. The van der Waals surface area contributed by atoms with E-state index in [1.54, 1.807) is 7.11 Å². The normalized spacial score (nSPS) is 11.2. The van der Waals surface area contributed by atoms with Gasteiger partial charge in [0.25, 0.3) is 5.56 Å². The monoisotopic (exact) mass is 498 g/mol. The second kappa shape index (κ2) is 10.3. The third-order valence-electron chi connectivity index (χ3n) is 5.98. The largest absolute Gasteiger partial charge is 0.495 e. The van der Waals surface area contributed by atoms with Gasteiger partial charge in [0, 0.05) is 17.4 Å². The van der Waals surface area contributed by atoms with E-state index >= 15 is 0 Å². The Hall–Kier alpha value is -4.04. The van der Waals surface area contributed by atoms with Gasteiger partial charge < -0.3 is 15.0 Å². The number of hydrogen-bond donors (Lipinski definition) is 2. The van der Waals surface area contributed by atoms with E-state index in [-0.39, 0.29) is 17.2 Å². The quantitative estimate of drug-likeness (QED) is 0.240. The Labute approximate surface area is 212 Å². The number of ether oxygens (including phenoxy) is 1. The minimum Gasteiger partial charge on any atom is -0.495 e. The molecule has 0 saturated heterocycles. The molecule has 0 aliphatic heterocycles. The summed E-state index contributed by atoms with van der Waals surface area (Å²) in [6.07, 6.45) is 0.752. The first-order valence-electron chi connectivity index (χ1n) is 11.7. The van der Waals surface area contributed by atoms with Crippen LogP contribution in [-0.2, 0) is 11.2 Å². The number of aryl methyl sites for hydroxylation is 1. The Bertz CT molecular complexity index is 1610. The number of thioether (sulfide) groups is 1. The first-order valence-corrected chi connectivity index (χ1v) is 12.7. The molecule has 5 aromatic rings. The lowest BCUT2D eigenvalue weighted by Gasteiger charge is -2.15. The highest BCUT2D eigenvalue weighted by atomic mass is 32.2. The average Bonchev–Trinajstić information content (AvgIpc) is 3.27. The van der Waals surface area contributed by atoms with E-state index in [1.165, 1.54) is 16.3 Å². The molecule has 0 radical (unpaired) electrons. The number of carbonyl (C=O) groups is 1. The fourth-order valence-corrected chi connectivity index (χ4v) is 5.03. The molecule has 1 amide bonds. The van der Waals surface area contributed by atoms with E-state index in [2.05, 4.69) is 10.3 Å². The summed E-state index contributed by atoms with van der Waals surface area (Å²) < 4.78 is 7.10. The summed E-state index contributed by atoms with van der Waals surface area (Å²) in [5.74, 6) is 0.560. The van der Waals surface area contributed by atoms with Gasteiger partial charge in [-0.25, -0.2) is 9.55 Å². The molecule has 2 aromatic heterocycles. The van der Waals surface area contributed by atoms with Crippen molar-refractivity contribution >= 4 is 39.6 Å². The number of carbonyl (C=O) groups excluding carboxylic acids is 1. The van der Waals surface area contributed by atoms with Crippen LogP contribution in [0.5, 0.6) is 5.75 Å². The van der Waals surface area contributed by atoms with Gasteiger partial charge in [-0.1, -0.05) is 66.4 Å². The van der Waals surface area contributed by atoms with Crippen molar-refractivity contribution in [1.82, 2.24) is 19.9 Å². The summed E-state index contributed by atoms with van der Waals surface area (Å²) in [6, 6.07) is 23.3. The number of rotatable bonds is 8. The zero-order valence-corrected chi connectivity index (χ0v) is 20.9. The molecule has 0 unspecified atom stereocenters. The minimum atomic E-state index is -0.243. The minimum absolute atomic E-state index is 0.119. The van der Waals surface area contributed by atoms with E-state index in [9.17, 15) is 9.59 Å². The van der Waals surface area contributed by atoms with Crippen molar-refractivity contribution in [1.29, 1.82) is 0 Å². The van der Waals surface area contributed by atoms with Crippen molar-refractivity contribution in [2.75, 3.05) is 19.4 Å². The molecule has 8 heteroatoms. The predicted molar refractivity (Wildman–Crippen MR) is 144 cm³/mol. The number of methoxy groups -OCH3 is 1. The van der Waals surface area contributed by atoms with Crippen LogP contribution in [0.1, 0.15) is 11.1 Å². The highest BCUT2D eigenvalue weighted by Gasteiger charge is 2.20. The number of benzene rings is 3. The molecule has 0 aliphatic carbocycles. The highest BCUT2D eigenvalue weighted by molar-refractivity contribution is 7.99. The first-order chi connectivity index (χ1) is 17.5. The summed E-state index contributed by atoms with van der Waals surface area (Å²) in [6.45, 7) is 2.49. The van der Waals surface area contributed by atoms with Crippen LogP contribution in [0.15, 0.2) is 82.7 Å². The number of para-hydroxylation sites is 1. The van der Waals surface area contributed by atoms with Crippen LogP contribution in [0.25, 0.3) is 27.6 Å². The molecule has 0 bridgehead atoms. The van der Waals surface area contributed by atoms with Crippen LogP contribution in [0.3, 0.4) is 0 Å². The van der Waals surface area contributed by atoms with E-state index in [4.69, 9.17) is 9.72 Å². The van der Waals surface area contributed by atoms with Crippen LogP contribution in [0, 0.1) is 6.92 Å². The fraction of sp³-hybridized carbons (Fsp3) is 0.179. The predicted octanol–water partition coefficient (Wildman–Crippen LogP) is 4.64. The molecule has 3 aromatic carbocycles. The van der Waals surface area contributed by atoms with Crippen LogP contribution in [-0.4, -0.2) is 39.8 Å². The topological polar surface area (TPSA) is 89.0 Å². The molecule has 36 heavy (non-hydrogen) atoms. The maximum atomic E-state index is 13.8. The van der Waals surface area contributed by atoms with Crippen LogP contribution < -0.4 is 15.6 Å². The van der Waals surface area contributed by atoms with E-state index < -0.39 is 0 Å². The summed E-state index contributed by atoms with van der Waals surface area (Å²) >= 11 is 1.23. The molecular weight excluding hydrogens is 472 g/mol. The number of hydrogen-bond acceptors (Lipinski definition) is 5. The molecule has 182 valence electrons. The Kier molecular flexibility index (Phi) is 6.77. The molecular formula is C28H26N4O3S. The van der Waals surface area contributed by atoms with Gasteiger partial charge in [0.05, 0.1) is 18.6 Å². The standard InChI is InChI=1S/C28H26N4O3S/c1-18-12-13-23(35-2)22(16-18)32-27(34)26-25(20-10-6-7-11-21(20)30-26)31-28(32)36-17-24(33)29-15-14-19-8-4-3-5-9-19/h3-13,16,30H,14-15,17H2,1-2H3,(H,29,33). The second-order valence-electron chi connectivity index (χ2n) is 8.48. The molecule has 0 aliphatic rings. The van der Waals surface area contributed by atoms with Crippen molar-refractivity contribution in [3.05, 3.63) is 94.3 Å². The number of aromatic amines is 1. The molecule has 0 fully saturated rings. The van der Waals surface area contributed by atoms with Gasteiger partial charge in [-0.2, -0.15) is 0 Å². The van der Waals surface area contributed by atoms with Gasteiger partial charge in [0.1, 0.15) is 16.8 Å². The number of H-pyrrole nitrogens is 1. The number of nitrogens with zero attached hydrogens (tertiary/aromatic N) is 2. The third kappa shape index (κ3) is 4.72. The van der Waals surface area contributed by atoms with Crippen molar-refractivity contribution in [3.63, 3.8) is 0 Å². The number of amides is 1. The van der Waals surface area contributed by atoms with Gasteiger partial charge in [-0.05, 0) is 42.7 Å². The fourth-order valence-electron chi connectivity index (χ4n) is 4.20. The van der Waals surface area contributed by atoms with Crippen molar-refractivity contribution in [2.45, 2.75) is 18.5 Å². The van der Waals surface area contributed by atoms with E-state index in [0.29, 0.717) is 34.2 Å². The SMILES string of the molecule is COc1ccc(C)cc1-n1c(SCC(=O)NCCc2ccccc2)nc2c([nH]c3ccccc32)c1=O. The van der Waals surface area contributed by atoms with Gasteiger partial charge in [0.15, 0.2) is 5.16 Å². The Morgan fingerprint density at radius 1 is 1.08 bits per heavy atom. The zero-order chi connectivity index (χ0) is 25.1. The lowest BCUT2D eigenvalue weighted by Crippen LogP contribution is -2.28. The molecule has 7 nitrogen and oxygen atoms in total. The summed E-state index contributed by atoms with van der Waals surface area (Å²) in [4.78, 5) is 34.5. The van der Waals surface area contributed by atoms with E-state index in [0.717, 1.165) is 28.5 Å². The lowest BCUT2D eigenvalue weighted by molar-refractivity contribution is -0.118. The lowest BCUT2D eigenvalue weighted by atomic mass is 10.1. The van der Waals surface area contributed by atoms with Gasteiger partial charge in [0.2, 0.25) is 5.91 Å². The van der Waals surface area contributed by atoms with Crippen LogP contribution in [0.4, 0.5) is 0 Å². The van der Waals surface area contributed by atoms with E-state index in [1.807, 2.05) is 79.7 Å². The molecule has 2 heterocycles. The molecule has 0 atom stereocenters. The molecule has 2 N–H and O–H groups in total. The molecule has 0 saturated carbocycles. The molecule has 5 rings (SSSR count). The highest BCUT2D eigenvalue weighted by Crippen LogP contribution is 2.30. The maximum Gasteiger partial charge on any atom is 0.283 e. The maximum absolute atomic E-state index is 13.8. The first kappa shape index (κ1) is 23.7. The Balaban J connectivity index is 1.50. The van der Waals surface area contributed by atoms with Crippen molar-refractivity contribution in [2.24, 2.45) is 0 Å². The van der Waals surface area contributed by atoms with Crippen molar-refractivity contribution in [3.8, 4) is 11.4 Å². The molecule has 0 spiro atoms. The Morgan fingerprint density at radius 2 is 1.86 bits per heavy atom. The third-order valence-corrected chi connectivity index (χ3v) is 6.92. The number of fused-ring (bicyclic) bond motifs is 3.